The lowest BCUT2D eigenvalue weighted by molar-refractivity contribution is -0.155. The highest BCUT2D eigenvalue weighted by Gasteiger charge is 2.59. The normalized spacial score (nSPS) is 22.6. The van der Waals surface area contributed by atoms with Crippen LogP contribution in [0.1, 0.15) is 11.1 Å². The second-order valence-corrected chi connectivity index (χ2v) is 6.60. The predicted octanol–water partition coefficient (Wildman–Crippen LogP) is 2.59. The van der Waals surface area contributed by atoms with Crippen molar-refractivity contribution in [1.82, 2.24) is 4.90 Å². The first-order valence-electron chi connectivity index (χ1n) is 8.42. The second kappa shape index (κ2) is 7.44. The van der Waals surface area contributed by atoms with E-state index >= 15 is 0 Å². The van der Waals surface area contributed by atoms with E-state index in [-0.39, 0.29) is 13.1 Å². The Morgan fingerprint density at radius 2 is 1.78 bits per heavy atom. The van der Waals surface area contributed by atoms with Gasteiger partial charge < -0.3 is 9.84 Å². The number of ether oxygens (including phenoxy) is 1. The summed E-state index contributed by atoms with van der Waals surface area (Å²) in [4.78, 5) is 26.4. The zero-order valence-electron chi connectivity index (χ0n) is 14.7. The van der Waals surface area contributed by atoms with Gasteiger partial charge in [0.25, 0.3) is 0 Å². The lowest BCUT2D eigenvalue weighted by atomic mass is 9.72. The number of hydrogen-bond donors (Lipinski definition) is 1. The summed E-state index contributed by atoms with van der Waals surface area (Å²) in [5.41, 5.74) is -1.78. The highest BCUT2D eigenvalue weighted by atomic mass is 19.1. The third-order valence-corrected chi connectivity index (χ3v) is 5.03. The van der Waals surface area contributed by atoms with Gasteiger partial charge in [-0.25, -0.2) is 8.78 Å². The molecule has 1 N–H and O–H groups in total. The van der Waals surface area contributed by atoms with Gasteiger partial charge in [0.15, 0.2) is 0 Å². The van der Waals surface area contributed by atoms with Gasteiger partial charge >= 0.3 is 11.9 Å². The van der Waals surface area contributed by atoms with Crippen molar-refractivity contribution in [2.75, 3.05) is 20.2 Å². The zero-order valence-corrected chi connectivity index (χ0v) is 14.7. The molecule has 2 unspecified atom stereocenters. The van der Waals surface area contributed by atoms with E-state index in [2.05, 4.69) is 0 Å². The molecule has 0 amide bonds. The van der Waals surface area contributed by atoms with Crippen molar-refractivity contribution in [1.29, 1.82) is 0 Å². The summed E-state index contributed by atoms with van der Waals surface area (Å²) >= 11 is 0. The molecule has 1 aliphatic heterocycles. The molecule has 0 spiro atoms. The SMILES string of the molecule is COC(=O)C1CN(Cc2ccccc2)CC1(C(=O)O)c1c(F)cccc1F. The number of esters is 1. The molecule has 2 aromatic rings. The molecule has 0 aromatic heterocycles. The van der Waals surface area contributed by atoms with Gasteiger partial charge in [0.05, 0.1) is 13.0 Å². The van der Waals surface area contributed by atoms with Crippen molar-refractivity contribution in [2.24, 2.45) is 5.92 Å². The van der Waals surface area contributed by atoms with Crippen molar-refractivity contribution in [3.63, 3.8) is 0 Å². The highest BCUT2D eigenvalue weighted by molar-refractivity contribution is 5.90. The van der Waals surface area contributed by atoms with Crippen LogP contribution in [0.25, 0.3) is 0 Å². The molecule has 2 aromatic carbocycles. The number of carboxylic acids is 1. The number of carboxylic acid groups (broad SMARTS) is 1. The maximum atomic E-state index is 14.5. The summed E-state index contributed by atoms with van der Waals surface area (Å²) in [7, 11) is 1.13. The minimum atomic E-state index is -2.07. The summed E-state index contributed by atoms with van der Waals surface area (Å²) in [5.74, 6) is -5.50. The molecule has 0 radical (unpaired) electrons. The molecule has 1 fully saturated rings. The van der Waals surface area contributed by atoms with Crippen LogP contribution >= 0.6 is 0 Å². The minimum Gasteiger partial charge on any atom is -0.481 e. The van der Waals surface area contributed by atoms with E-state index in [1.165, 1.54) is 0 Å². The number of likely N-dealkylation sites (tertiary alicyclic amines) is 1. The van der Waals surface area contributed by atoms with E-state index in [4.69, 9.17) is 4.74 Å². The monoisotopic (exact) mass is 375 g/mol. The third kappa shape index (κ3) is 3.30. The zero-order chi connectivity index (χ0) is 19.6. The van der Waals surface area contributed by atoms with Crippen molar-refractivity contribution in [3.05, 3.63) is 71.3 Å². The topological polar surface area (TPSA) is 66.8 Å². The van der Waals surface area contributed by atoms with Gasteiger partial charge in [0.1, 0.15) is 17.0 Å². The molecule has 1 saturated heterocycles. The Balaban J connectivity index is 2.09. The lowest BCUT2D eigenvalue weighted by Gasteiger charge is -2.30. The van der Waals surface area contributed by atoms with E-state index in [1.54, 1.807) is 4.90 Å². The van der Waals surface area contributed by atoms with Crippen molar-refractivity contribution < 1.29 is 28.2 Å². The number of methoxy groups -OCH3 is 1. The van der Waals surface area contributed by atoms with Crippen LogP contribution in [0.4, 0.5) is 8.78 Å². The molecule has 0 bridgehead atoms. The van der Waals surface area contributed by atoms with Crippen LogP contribution in [0.2, 0.25) is 0 Å². The Morgan fingerprint density at radius 1 is 1.15 bits per heavy atom. The van der Waals surface area contributed by atoms with Crippen molar-refractivity contribution in [2.45, 2.75) is 12.0 Å². The molecule has 3 rings (SSSR count). The first-order valence-corrected chi connectivity index (χ1v) is 8.42. The van der Waals surface area contributed by atoms with E-state index in [1.807, 2.05) is 30.3 Å². The number of benzene rings is 2. The standard InChI is InChI=1S/C20H19F2NO4/c1-27-18(24)14-11-23(10-13-6-3-2-4-7-13)12-20(14,19(25)26)17-15(21)8-5-9-16(17)22/h2-9,14H,10-12H2,1H3,(H,25,26). The van der Waals surface area contributed by atoms with Crippen LogP contribution in [0, 0.1) is 17.6 Å². The van der Waals surface area contributed by atoms with Crippen LogP contribution < -0.4 is 0 Å². The lowest BCUT2D eigenvalue weighted by Crippen LogP contribution is -2.48. The van der Waals surface area contributed by atoms with Gasteiger partial charge in [-0.15, -0.1) is 0 Å². The number of carbonyl (C=O) groups excluding carboxylic acids is 1. The smallest absolute Gasteiger partial charge is 0.316 e. The maximum Gasteiger partial charge on any atom is 0.316 e. The van der Waals surface area contributed by atoms with Crippen molar-refractivity contribution >= 4 is 11.9 Å². The summed E-state index contributed by atoms with van der Waals surface area (Å²) in [5, 5.41) is 10.00. The fraction of sp³-hybridized carbons (Fsp3) is 0.300. The largest absolute Gasteiger partial charge is 0.481 e. The van der Waals surface area contributed by atoms with E-state index < -0.39 is 40.5 Å². The fourth-order valence-corrected chi connectivity index (χ4v) is 3.82. The number of aliphatic carboxylic acids is 1. The molecule has 7 heteroatoms. The van der Waals surface area contributed by atoms with E-state index in [0.717, 1.165) is 30.9 Å². The molecular formula is C20H19F2NO4. The van der Waals surface area contributed by atoms with Crippen LogP contribution in [-0.4, -0.2) is 42.1 Å². The minimum absolute atomic E-state index is 0.0155. The first kappa shape index (κ1) is 19.0. The third-order valence-electron chi connectivity index (χ3n) is 5.03. The Morgan fingerprint density at radius 3 is 2.33 bits per heavy atom. The Bertz CT molecular complexity index is 838. The number of carbonyl (C=O) groups is 2. The average molecular weight is 375 g/mol. The van der Waals surface area contributed by atoms with Gasteiger partial charge in [-0.05, 0) is 17.7 Å². The molecule has 2 atom stereocenters. The molecule has 142 valence electrons. The summed E-state index contributed by atoms with van der Waals surface area (Å²) in [6.07, 6.45) is 0. The van der Waals surface area contributed by atoms with E-state index in [9.17, 15) is 23.5 Å². The van der Waals surface area contributed by atoms with Crippen LogP contribution in [-0.2, 0) is 26.3 Å². The van der Waals surface area contributed by atoms with E-state index in [0.29, 0.717) is 6.54 Å². The van der Waals surface area contributed by atoms with Gasteiger partial charge in [-0.3, -0.25) is 14.5 Å². The Labute approximate surface area is 155 Å². The molecule has 0 aliphatic carbocycles. The molecular weight excluding hydrogens is 356 g/mol. The van der Waals surface area contributed by atoms with Gasteiger partial charge in [-0.2, -0.15) is 0 Å². The summed E-state index contributed by atoms with van der Waals surface area (Å²) in [6, 6.07) is 12.4. The molecule has 5 nitrogen and oxygen atoms in total. The number of halogens is 2. The first-order chi connectivity index (χ1) is 12.9. The average Bonchev–Trinajstić information content (AvgIpc) is 3.02. The maximum absolute atomic E-state index is 14.5. The molecule has 27 heavy (non-hydrogen) atoms. The Kier molecular flexibility index (Phi) is 5.23. The molecule has 1 heterocycles. The van der Waals surface area contributed by atoms with Gasteiger partial charge in [0.2, 0.25) is 0 Å². The summed E-state index contributed by atoms with van der Waals surface area (Å²) in [6.45, 7) is 0.149. The van der Waals surface area contributed by atoms with Crippen LogP contribution in [0.15, 0.2) is 48.5 Å². The van der Waals surface area contributed by atoms with Crippen molar-refractivity contribution in [3.8, 4) is 0 Å². The van der Waals surface area contributed by atoms with Gasteiger partial charge in [0, 0.05) is 25.2 Å². The highest BCUT2D eigenvalue weighted by Crippen LogP contribution is 2.43. The number of rotatable bonds is 5. The fourth-order valence-electron chi connectivity index (χ4n) is 3.82. The molecule has 1 aliphatic rings. The van der Waals surface area contributed by atoms with Crippen LogP contribution in [0.3, 0.4) is 0 Å². The Hall–Kier alpha value is -2.80. The second-order valence-electron chi connectivity index (χ2n) is 6.60. The van der Waals surface area contributed by atoms with Gasteiger partial charge in [-0.1, -0.05) is 36.4 Å². The predicted molar refractivity (Wildman–Crippen MR) is 92.9 cm³/mol. The number of hydrogen-bond acceptors (Lipinski definition) is 4. The van der Waals surface area contributed by atoms with Crippen LogP contribution in [0.5, 0.6) is 0 Å². The number of nitrogens with zero attached hydrogens (tertiary/aromatic N) is 1. The quantitative estimate of drug-likeness (QED) is 0.814. The summed E-state index contributed by atoms with van der Waals surface area (Å²) < 4.78 is 33.8. The molecule has 0 saturated carbocycles.